The monoisotopic (exact) mass is 424 g/mol. The topological polar surface area (TPSA) is 64.7 Å². The number of benzene rings is 2. The predicted molar refractivity (Wildman–Crippen MR) is 113 cm³/mol. The maximum Gasteiger partial charge on any atom is 0.170 e. The summed E-state index contributed by atoms with van der Waals surface area (Å²) in [6.45, 7) is 0.150. The SMILES string of the molecule is NC[C@H](c1cc(F)cc(F)c1)c1nc2ncsc2cc1-c1ccc2scnc2c1. The van der Waals surface area contributed by atoms with Crippen molar-refractivity contribution >= 4 is 43.2 Å². The molecule has 0 fully saturated rings. The lowest BCUT2D eigenvalue weighted by Gasteiger charge is -2.19. The van der Waals surface area contributed by atoms with E-state index in [0.717, 1.165) is 32.1 Å². The number of rotatable bonds is 4. The summed E-state index contributed by atoms with van der Waals surface area (Å²) in [7, 11) is 0. The second kappa shape index (κ2) is 7.22. The molecular formula is C21H14F2N4S2. The molecule has 0 aliphatic carbocycles. The van der Waals surface area contributed by atoms with Crippen LogP contribution >= 0.6 is 22.7 Å². The smallest absolute Gasteiger partial charge is 0.170 e. The summed E-state index contributed by atoms with van der Waals surface area (Å²) in [6.07, 6.45) is 0. The number of hydrogen-bond donors (Lipinski definition) is 1. The van der Waals surface area contributed by atoms with E-state index in [4.69, 9.17) is 10.7 Å². The van der Waals surface area contributed by atoms with E-state index < -0.39 is 17.6 Å². The number of fused-ring (bicyclic) bond motifs is 2. The lowest BCUT2D eigenvalue weighted by Crippen LogP contribution is -2.17. The van der Waals surface area contributed by atoms with Gasteiger partial charge in [-0.15, -0.1) is 22.7 Å². The molecule has 0 radical (unpaired) electrons. The van der Waals surface area contributed by atoms with Crippen LogP contribution in [0.5, 0.6) is 0 Å². The summed E-state index contributed by atoms with van der Waals surface area (Å²) < 4.78 is 29.8. The number of pyridine rings is 1. The Kier molecular flexibility index (Phi) is 4.54. The summed E-state index contributed by atoms with van der Waals surface area (Å²) in [4.78, 5) is 13.4. The zero-order valence-corrected chi connectivity index (χ0v) is 16.6. The van der Waals surface area contributed by atoms with E-state index in [1.165, 1.54) is 23.5 Å². The molecule has 5 rings (SSSR count). The number of nitrogens with two attached hydrogens (primary N) is 1. The molecule has 29 heavy (non-hydrogen) atoms. The fourth-order valence-electron chi connectivity index (χ4n) is 3.52. The third-order valence-electron chi connectivity index (χ3n) is 4.85. The van der Waals surface area contributed by atoms with Crippen molar-refractivity contribution in [1.82, 2.24) is 15.0 Å². The molecule has 3 aromatic heterocycles. The molecular weight excluding hydrogens is 410 g/mol. The third kappa shape index (κ3) is 3.29. The van der Waals surface area contributed by atoms with Crippen molar-refractivity contribution in [1.29, 1.82) is 0 Å². The van der Waals surface area contributed by atoms with Crippen LogP contribution in [-0.4, -0.2) is 21.5 Å². The second-order valence-electron chi connectivity index (χ2n) is 6.62. The summed E-state index contributed by atoms with van der Waals surface area (Å²) >= 11 is 3.06. The Morgan fingerprint density at radius 1 is 0.897 bits per heavy atom. The second-order valence-corrected chi connectivity index (χ2v) is 8.39. The van der Waals surface area contributed by atoms with E-state index in [1.54, 1.807) is 22.4 Å². The van der Waals surface area contributed by atoms with Gasteiger partial charge in [0.2, 0.25) is 0 Å². The van der Waals surface area contributed by atoms with Gasteiger partial charge < -0.3 is 5.73 Å². The summed E-state index contributed by atoms with van der Waals surface area (Å²) in [5.74, 6) is -1.76. The van der Waals surface area contributed by atoms with Crippen LogP contribution in [0.1, 0.15) is 17.2 Å². The molecule has 1 atom stereocenters. The maximum absolute atomic E-state index is 13.9. The quantitative estimate of drug-likeness (QED) is 0.423. The van der Waals surface area contributed by atoms with Crippen molar-refractivity contribution in [2.75, 3.05) is 6.54 Å². The highest BCUT2D eigenvalue weighted by atomic mass is 32.1. The van der Waals surface area contributed by atoms with Gasteiger partial charge in [0.05, 0.1) is 31.6 Å². The number of hydrogen-bond acceptors (Lipinski definition) is 6. The third-order valence-corrected chi connectivity index (χ3v) is 6.42. The normalized spacial score (nSPS) is 12.7. The van der Waals surface area contributed by atoms with Gasteiger partial charge in [-0.2, -0.15) is 0 Å². The largest absolute Gasteiger partial charge is 0.329 e. The summed E-state index contributed by atoms with van der Waals surface area (Å²) in [5, 5.41) is 0. The molecule has 0 amide bonds. The Labute approximate surface area is 172 Å². The van der Waals surface area contributed by atoms with Gasteiger partial charge in [-0.3, -0.25) is 0 Å². The Morgan fingerprint density at radius 3 is 2.45 bits per heavy atom. The van der Waals surface area contributed by atoms with Gasteiger partial charge in [-0.1, -0.05) is 6.07 Å². The number of halogens is 2. The summed E-state index contributed by atoms with van der Waals surface area (Å²) in [6, 6.07) is 11.5. The van der Waals surface area contributed by atoms with E-state index in [2.05, 4.69) is 9.97 Å². The molecule has 0 bridgehead atoms. The molecule has 0 saturated heterocycles. The van der Waals surface area contributed by atoms with Crippen molar-refractivity contribution in [2.45, 2.75) is 5.92 Å². The average molecular weight is 425 g/mol. The molecule has 2 N–H and O–H groups in total. The lowest BCUT2D eigenvalue weighted by atomic mass is 9.89. The molecule has 144 valence electrons. The average Bonchev–Trinajstić information content (AvgIpc) is 3.35. The van der Waals surface area contributed by atoms with Gasteiger partial charge in [0, 0.05) is 24.1 Å². The van der Waals surface area contributed by atoms with Gasteiger partial charge in [0.15, 0.2) is 5.65 Å². The molecule has 0 unspecified atom stereocenters. The number of thiazole rings is 2. The predicted octanol–water partition coefficient (Wildman–Crippen LogP) is 5.34. The zero-order valence-electron chi connectivity index (χ0n) is 15.0. The van der Waals surface area contributed by atoms with Crippen LogP contribution in [0.3, 0.4) is 0 Å². The Morgan fingerprint density at radius 2 is 1.66 bits per heavy atom. The fourth-order valence-corrected chi connectivity index (χ4v) is 4.83. The molecule has 0 aliphatic heterocycles. The van der Waals surface area contributed by atoms with Crippen molar-refractivity contribution in [3.05, 3.63) is 76.4 Å². The first-order valence-corrected chi connectivity index (χ1v) is 10.6. The van der Waals surface area contributed by atoms with E-state index in [0.29, 0.717) is 16.9 Å². The maximum atomic E-state index is 13.9. The van der Waals surface area contributed by atoms with Gasteiger partial charge in [0.1, 0.15) is 11.6 Å². The fraction of sp³-hybridized carbons (Fsp3) is 0.0952. The molecule has 8 heteroatoms. The Bertz CT molecular complexity index is 1330. The van der Waals surface area contributed by atoms with Gasteiger partial charge >= 0.3 is 0 Å². The van der Waals surface area contributed by atoms with Gasteiger partial charge in [0.25, 0.3) is 0 Å². The van der Waals surface area contributed by atoms with E-state index in [1.807, 2.05) is 24.3 Å². The van der Waals surface area contributed by atoms with Crippen LogP contribution < -0.4 is 5.73 Å². The molecule has 0 saturated carbocycles. The minimum absolute atomic E-state index is 0.150. The van der Waals surface area contributed by atoms with Gasteiger partial charge in [-0.05, 0) is 41.5 Å². The van der Waals surface area contributed by atoms with Crippen LogP contribution in [0.2, 0.25) is 0 Å². The molecule has 3 heterocycles. The Hall–Kier alpha value is -2.81. The van der Waals surface area contributed by atoms with Crippen LogP contribution in [0, 0.1) is 11.6 Å². The number of aromatic nitrogens is 3. The van der Waals surface area contributed by atoms with E-state index in [-0.39, 0.29) is 6.54 Å². The van der Waals surface area contributed by atoms with Crippen LogP contribution in [0.15, 0.2) is 53.5 Å². The molecule has 4 nitrogen and oxygen atoms in total. The first-order valence-electron chi connectivity index (χ1n) is 8.86. The highest BCUT2D eigenvalue weighted by molar-refractivity contribution is 7.17. The minimum Gasteiger partial charge on any atom is -0.329 e. The molecule has 5 aromatic rings. The molecule has 0 spiro atoms. The van der Waals surface area contributed by atoms with Crippen LogP contribution in [0.25, 0.3) is 31.7 Å². The molecule has 0 aliphatic rings. The van der Waals surface area contributed by atoms with Crippen molar-refractivity contribution < 1.29 is 8.78 Å². The number of nitrogens with zero attached hydrogens (tertiary/aromatic N) is 3. The van der Waals surface area contributed by atoms with Crippen molar-refractivity contribution in [3.8, 4) is 11.1 Å². The first-order chi connectivity index (χ1) is 14.1. The van der Waals surface area contributed by atoms with E-state index in [9.17, 15) is 8.78 Å². The van der Waals surface area contributed by atoms with Crippen molar-refractivity contribution in [2.24, 2.45) is 5.73 Å². The highest BCUT2D eigenvalue weighted by Gasteiger charge is 2.22. The van der Waals surface area contributed by atoms with Crippen LogP contribution in [-0.2, 0) is 0 Å². The zero-order chi connectivity index (χ0) is 20.0. The van der Waals surface area contributed by atoms with Crippen molar-refractivity contribution in [3.63, 3.8) is 0 Å². The summed E-state index contributed by atoms with van der Waals surface area (Å²) in [5.41, 5.74) is 14.0. The van der Waals surface area contributed by atoms with E-state index >= 15 is 0 Å². The minimum atomic E-state index is -0.640. The van der Waals surface area contributed by atoms with Crippen LogP contribution in [0.4, 0.5) is 8.78 Å². The molecule has 2 aromatic carbocycles. The highest BCUT2D eigenvalue weighted by Crippen LogP contribution is 2.36. The first kappa shape index (κ1) is 18.2. The lowest BCUT2D eigenvalue weighted by molar-refractivity contribution is 0.576. The Balaban J connectivity index is 1.75. The standard InChI is InChI=1S/C21H14F2N4S2/c22-13-3-12(4-14(23)6-13)16(8-24)20-15(7-19-21(27-20)26-10-29-19)11-1-2-18-17(5-11)25-9-28-18/h1-7,9-10,16H,8,24H2/t16-/m1/s1. The van der Waals surface area contributed by atoms with Gasteiger partial charge in [-0.25, -0.2) is 23.7 Å².